The molecule has 0 heterocycles. The minimum atomic E-state index is -1.08. The molecule has 21 heavy (non-hydrogen) atoms. The zero-order valence-corrected chi connectivity index (χ0v) is 16.0. The Labute approximate surface area is 144 Å². The summed E-state index contributed by atoms with van der Waals surface area (Å²) in [6.07, 6.45) is 0. The average molecular weight is 546 g/mol. The SMILES string of the molecule is CC(=O)O.CC(=O)O.CC(=O)[O-].CC(=O)[O-].[O-2].[O-2].[OH3+].[OH3+].[U]. The van der Waals surface area contributed by atoms with Crippen molar-refractivity contribution >= 4 is 23.9 Å². The molecule has 0 atom stereocenters. The van der Waals surface area contributed by atoms with Gasteiger partial charge in [0.15, 0.2) is 0 Å². The fourth-order valence-corrected chi connectivity index (χ4v) is 0. The smallest absolute Gasteiger partial charge is 0.300 e. The summed E-state index contributed by atoms with van der Waals surface area (Å²) in [5, 5.41) is 32.6. The number of aliphatic carboxylic acids is 4. The molecule has 0 aromatic carbocycles. The van der Waals surface area contributed by atoms with Gasteiger partial charge in [-0.05, 0) is 13.8 Å². The van der Waals surface area contributed by atoms with Crippen LogP contribution < -0.4 is 10.2 Å². The summed E-state index contributed by atoms with van der Waals surface area (Å²) in [5.41, 5.74) is 0. The third-order valence-corrected chi connectivity index (χ3v) is 0. The molecule has 0 aliphatic heterocycles. The van der Waals surface area contributed by atoms with Crippen molar-refractivity contribution in [1.29, 1.82) is 0 Å². The molecule has 0 aromatic rings. The Bertz CT molecular complexity index is 165. The number of carboxylic acids is 4. The van der Waals surface area contributed by atoms with Crippen LogP contribution in [-0.2, 0) is 41.1 Å². The van der Waals surface area contributed by atoms with Gasteiger partial charge in [-0.3, -0.25) is 9.59 Å². The summed E-state index contributed by atoms with van der Waals surface area (Å²) in [6, 6.07) is 0. The first-order valence-electron chi connectivity index (χ1n) is 3.67. The van der Waals surface area contributed by atoms with Gasteiger partial charge in [-0.2, -0.15) is 0 Å². The van der Waals surface area contributed by atoms with E-state index in [0.29, 0.717) is 0 Å². The zero-order valence-electron chi connectivity index (χ0n) is 11.8. The molecular weight excluding hydrogens is 526 g/mol. The predicted octanol–water partition coefficient (Wildman–Crippen LogP) is -4.39. The first-order chi connectivity index (χ1) is 6.93. The molecule has 0 saturated heterocycles. The second-order valence-electron chi connectivity index (χ2n) is 2.02. The summed E-state index contributed by atoms with van der Waals surface area (Å²) in [5.74, 6) is -3.83. The van der Waals surface area contributed by atoms with Gasteiger partial charge in [0.05, 0.1) is 0 Å². The molecule has 0 unspecified atom stereocenters. The molecule has 0 rings (SSSR count). The van der Waals surface area contributed by atoms with Crippen LogP contribution in [0.3, 0.4) is 0 Å². The molecule has 8 N–H and O–H groups in total. The quantitative estimate of drug-likeness (QED) is 0.279. The fraction of sp³-hybridized carbons (Fsp3) is 0.500. The Hall–Kier alpha value is -1.23. The number of hydrogen-bond acceptors (Lipinski definition) is 6. The molecule has 0 radical (unpaired) electrons. The van der Waals surface area contributed by atoms with E-state index in [1.807, 2.05) is 0 Å². The molecule has 0 aliphatic carbocycles. The number of hydrogen-bond donors (Lipinski definition) is 2. The van der Waals surface area contributed by atoms with Crippen molar-refractivity contribution < 1.29 is 92.6 Å². The van der Waals surface area contributed by atoms with Gasteiger partial charge >= 0.3 is 0 Å². The molecule has 0 aromatic heterocycles. The second-order valence-corrected chi connectivity index (χ2v) is 2.02. The minimum absolute atomic E-state index is 0. The van der Waals surface area contributed by atoms with Crippen molar-refractivity contribution in [2.24, 2.45) is 0 Å². The summed E-state index contributed by atoms with van der Waals surface area (Å²) >= 11 is 0. The summed E-state index contributed by atoms with van der Waals surface area (Å²) in [4.78, 5) is 35.8. The van der Waals surface area contributed by atoms with Crippen molar-refractivity contribution in [3.05, 3.63) is 0 Å². The fourth-order valence-electron chi connectivity index (χ4n) is 0. The number of carboxylic acid groups (broad SMARTS) is 4. The van der Waals surface area contributed by atoms with Crippen LogP contribution in [0.15, 0.2) is 0 Å². The molecular formula is C8H20O12U-4. The van der Waals surface area contributed by atoms with E-state index in [1.54, 1.807) is 0 Å². The maximum atomic E-state index is 9.00. The molecule has 0 bridgehead atoms. The second kappa shape index (κ2) is 51.1. The maximum Gasteiger partial charge on any atom is 0.300 e. The van der Waals surface area contributed by atoms with E-state index in [0.717, 1.165) is 27.7 Å². The van der Waals surface area contributed by atoms with Gasteiger partial charge in [0.25, 0.3) is 11.9 Å². The standard InChI is InChI=1S/4C2H4O2.2H2O.2O.U/c4*1-2(3)4;;;;;/h4*1H3,(H,3,4);2*1H2;;;/q;;;;;;2*-2;. The van der Waals surface area contributed by atoms with Crippen molar-refractivity contribution in [1.82, 2.24) is 0 Å². The van der Waals surface area contributed by atoms with Gasteiger partial charge in [0, 0.05) is 56.9 Å². The predicted molar refractivity (Wildman–Crippen MR) is 59.1 cm³/mol. The van der Waals surface area contributed by atoms with Gasteiger partial charge in [0.1, 0.15) is 0 Å². The third-order valence-electron chi connectivity index (χ3n) is 0. The molecule has 0 spiro atoms. The van der Waals surface area contributed by atoms with Crippen LogP contribution in [-0.4, -0.2) is 34.1 Å². The largest absolute Gasteiger partial charge is 2.00 e. The van der Waals surface area contributed by atoms with E-state index in [9.17, 15) is 0 Å². The van der Waals surface area contributed by atoms with E-state index < -0.39 is 23.9 Å². The monoisotopic (exact) mass is 546 g/mol. The Balaban J connectivity index is -0.0000000121. The van der Waals surface area contributed by atoms with Crippen LogP contribution >= 0.6 is 0 Å². The number of carbonyl (C=O) groups excluding carboxylic acids is 2. The van der Waals surface area contributed by atoms with E-state index >= 15 is 0 Å². The molecule has 0 aliphatic rings. The average Bonchev–Trinajstić information content (AvgIpc) is 1.76. The van der Waals surface area contributed by atoms with Gasteiger partial charge in [-0.1, -0.05) is 0 Å². The van der Waals surface area contributed by atoms with Crippen LogP contribution in [0.4, 0.5) is 0 Å². The van der Waals surface area contributed by atoms with Crippen molar-refractivity contribution in [2.45, 2.75) is 27.7 Å². The van der Waals surface area contributed by atoms with Crippen LogP contribution in [0.2, 0.25) is 0 Å². The Morgan fingerprint density at radius 3 is 0.667 bits per heavy atom. The molecule has 0 fully saturated rings. The van der Waals surface area contributed by atoms with Crippen LogP contribution in [0.1, 0.15) is 27.7 Å². The summed E-state index contributed by atoms with van der Waals surface area (Å²) in [7, 11) is 0. The van der Waals surface area contributed by atoms with Gasteiger partial charge in [-0.15, -0.1) is 0 Å². The molecule has 12 nitrogen and oxygen atoms in total. The minimum Gasteiger partial charge on any atom is -2.00 e. The Morgan fingerprint density at radius 1 is 0.667 bits per heavy atom. The molecule has 132 valence electrons. The van der Waals surface area contributed by atoms with E-state index in [2.05, 4.69) is 0 Å². The maximum absolute atomic E-state index is 9.00. The first-order valence-corrected chi connectivity index (χ1v) is 3.67. The number of rotatable bonds is 0. The van der Waals surface area contributed by atoms with Crippen molar-refractivity contribution in [2.75, 3.05) is 0 Å². The summed E-state index contributed by atoms with van der Waals surface area (Å²) < 4.78 is 0. The van der Waals surface area contributed by atoms with Gasteiger partial charge in [0.2, 0.25) is 0 Å². The Kier molecular flexibility index (Phi) is 146. The van der Waals surface area contributed by atoms with Crippen LogP contribution in [0, 0.1) is 31.1 Å². The topological polar surface area (TPSA) is 278 Å². The number of carbonyl (C=O) groups is 4. The Morgan fingerprint density at radius 2 is 0.667 bits per heavy atom. The van der Waals surface area contributed by atoms with Crippen molar-refractivity contribution in [3.8, 4) is 0 Å². The summed E-state index contributed by atoms with van der Waals surface area (Å²) in [6.45, 7) is 4.11. The van der Waals surface area contributed by atoms with E-state index in [4.69, 9.17) is 39.6 Å². The van der Waals surface area contributed by atoms with Gasteiger partial charge < -0.3 is 51.9 Å². The first kappa shape index (κ1) is 60.0. The molecule has 0 amide bonds. The van der Waals surface area contributed by atoms with Crippen molar-refractivity contribution in [3.63, 3.8) is 0 Å². The third kappa shape index (κ3) is 3500. The zero-order chi connectivity index (χ0) is 14.3. The van der Waals surface area contributed by atoms with Crippen LogP contribution in [0.25, 0.3) is 0 Å². The van der Waals surface area contributed by atoms with Gasteiger partial charge in [-0.25, -0.2) is 0 Å². The van der Waals surface area contributed by atoms with E-state index in [1.165, 1.54) is 0 Å². The normalized spacial score (nSPS) is 4.76. The van der Waals surface area contributed by atoms with E-state index in [-0.39, 0.29) is 53.0 Å². The van der Waals surface area contributed by atoms with Crippen LogP contribution in [0.5, 0.6) is 0 Å². The molecule has 0 saturated carbocycles. The molecule has 13 heteroatoms.